The van der Waals surface area contributed by atoms with Crippen molar-refractivity contribution in [2.24, 2.45) is 0 Å². The zero-order valence-electron chi connectivity index (χ0n) is 15.8. The number of morpholine rings is 1. The number of thiazole rings is 1. The first-order chi connectivity index (χ1) is 13.7. The van der Waals surface area contributed by atoms with Crippen LogP contribution in [-0.4, -0.2) is 84.6 Å². The second kappa shape index (κ2) is 9.09. The molecule has 1 amide bonds. The van der Waals surface area contributed by atoms with Gasteiger partial charge < -0.3 is 9.64 Å². The molecule has 0 saturated carbocycles. The van der Waals surface area contributed by atoms with Crippen molar-refractivity contribution in [1.82, 2.24) is 19.7 Å². The fraction of sp³-hybridized carbons (Fsp3) is 0.500. The summed E-state index contributed by atoms with van der Waals surface area (Å²) in [6.07, 6.45) is 0. The summed E-state index contributed by atoms with van der Waals surface area (Å²) in [5.74, 6) is -0.0182. The first-order valence-electron chi connectivity index (χ1n) is 9.68. The maximum atomic E-state index is 13.1. The van der Waals surface area contributed by atoms with Crippen molar-refractivity contribution >= 4 is 17.2 Å². The molecule has 2 aromatic rings. The summed E-state index contributed by atoms with van der Waals surface area (Å²) >= 11 is 1.58. The zero-order valence-corrected chi connectivity index (χ0v) is 16.7. The van der Waals surface area contributed by atoms with E-state index >= 15 is 0 Å². The number of hydrogen-bond acceptors (Lipinski definition) is 6. The number of hydrogen-bond donors (Lipinski definition) is 0. The van der Waals surface area contributed by atoms with Crippen molar-refractivity contribution in [2.45, 2.75) is 6.54 Å². The average Bonchev–Trinajstić information content (AvgIpc) is 3.18. The summed E-state index contributed by atoms with van der Waals surface area (Å²) in [7, 11) is 0. The number of halogens is 1. The van der Waals surface area contributed by atoms with E-state index in [1.807, 2.05) is 4.90 Å². The van der Waals surface area contributed by atoms with Gasteiger partial charge in [0.05, 0.1) is 25.5 Å². The fourth-order valence-corrected chi connectivity index (χ4v) is 4.36. The minimum absolute atomic E-state index is 0.216. The maximum Gasteiger partial charge on any atom is 0.236 e. The highest BCUT2D eigenvalue weighted by Gasteiger charge is 2.24. The predicted molar refractivity (Wildman–Crippen MR) is 107 cm³/mol. The molecule has 0 N–H and O–H groups in total. The van der Waals surface area contributed by atoms with Crippen LogP contribution in [0.15, 0.2) is 29.6 Å². The lowest BCUT2D eigenvalue weighted by Crippen LogP contribution is -2.52. The van der Waals surface area contributed by atoms with E-state index in [1.54, 1.807) is 23.5 Å². The Morgan fingerprint density at radius 1 is 1.04 bits per heavy atom. The molecule has 0 bridgehead atoms. The van der Waals surface area contributed by atoms with Gasteiger partial charge in [-0.2, -0.15) is 0 Å². The Hall–Kier alpha value is -1.87. The molecule has 2 saturated heterocycles. The van der Waals surface area contributed by atoms with Crippen molar-refractivity contribution in [1.29, 1.82) is 0 Å². The molecule has 0 aliphatic carbocycles. The van der Waals surface area contributed by atoms with Gasteiger partial charge in [-0.25, -0.2) is 9.37 Å². The number of carbonyl (C=O) groups excluding carboxylic acids is 1. The van der Waals surface area contributed by atoms with Gasteiger partial charge in [0.2, 0.25) is 5.91 Å². The third-order valence-corrected chi connectivity index (χ3v) is 6.16. The first kappa shape index (κ1) is 19.4. The molecule has 0 spiro atoms. The quantitative estimate of drug-likeness (QED) is 0.762. The molecule has 3 heterocycles. The molecular weight excluding hydrogens is 379 g/mol. The van der Waals surface area contributed by atoms with Crippen molar-refractivity contribution in [3.05, 3.63) is 41.2 Å². The van der Waals surface area contributed by atoms with Gasteiger partial charge in [0, 0.05) is 56.8 Å². The largest absolute Gasteiger partial charge is 0.379 e. The summed E-state index contributed by atoms with van der Waals surface area (Å²) in [5, 5.41) is 2.98. The number of aromatic nitrogens is 1. The lowest BCUT2D eigenvalue weighted by Gasteiger charge is -2.36. The summed E-state index contributed by atoms with van der Waals surface area (Å²) in [5.41, 5.74) is 1.97. The lowest BCUT2D eigenvalue weighted by molar-refractivity contribution is -0.135. The molecule has 0 atom stereocenters. The normalized spacial score (nSPS) is 19.1. The molecule has 0 radical (unpaired) electrons. The van der Waals surface area contributed by atoms with Gasteiger partial charge in [0.1, 0.15) is 10.8 Å². The van der Waals surface area contributed by atoms with Gasteiger partial charge in [-0.15, -0.1) is 11.3 Å². The van der Waals surface area contributed by atoms with Crippen LogP contribution in [0.2, 0.25) is 0 Å². The molecule has 2 fully saturated rings. The molecule has 1 aromatic carbocycles. The number of ether oxygens (including phenoxy) is 1. The SMILES string of the molecule is O=C(CN1CCOCC1)N1CCN(Cc2csc(-c3ccc(F)cc3)n2)CC1. The molecule has 0 unspecified atom stereocenters. The van der Waals surface area contributed by atoms with Crippen LogP contribution in [0.1, 0.15) is 5.69 Å². The first-order valence-corrected chi connectivity index (χ1v) is 10.6. The third kappa shape index (κ3) is 4.94. The average molecular weight is 405 g/mol. The van der Waals surface area contributed by atoms with Crippen LogP contribution in [0.25, 0.3) is 10.6 Å². The van der Waals surface area contributed by atoms with Crippen LogP contribution in [0, 0.1) is 5.82 Å². The van der Waals surface area contributed by atoms with Gasteiger partial charge in [-0.3, -0.25) is 14.6 Å². The van der Waals surface area contributed by atoms with E-state index < -0.39 is 0 Å². The van der Waals surface area contributed by atoms with E-state index in [1.165, 1.54) is 12.1 Å². The topological polar surface area (TPSA) is 48.9 Å². The van der Waals surface area contributed by atoms with Gasteiger partial charge in [0.15, 0.2) is 0 Å². The standard InChI is InChI=1S/C20H25FN4O2S/c21-17-3-1-16(2-4-17)20-22-18(15-28-20)13-23-5-7-25(8-6-23)19(26)14-24-9-11-27-12-10-24/h1-4,15H,5-14H2. The van der Waals surface area contributed by atoms with Crippen LogP contribution in [-0.2, 0) is 16.1 Å². The lowest BCUT2D eigenvalue weighted by atomic mass is 10.2. The molecule has 150 valence electrons. The van der Waals surface area contributed by atoms with E-state index in [4.69, 9.17) is 9.72 Å². The van der Waals surface area contributed by atoms with Crippen LogP contribution >= 0.6 is 11.3 Å². The smallest absolute Gasteiger partial charge is 0.236 e. The van der Waals surface area contributed by atoms with Crippen molar-refractivity contribution in [2.75, 3.05) is 59.0 Å². The molecule has 4 rings (SSSR count). The van der Waals surface area contributed by atoms with Crippen LogP contribution in [0.5, 0.6) is 0 Å². The van der Waals surface area contributed by atoms with Crippen molar-refractivity contribution in [3.8, 4) is 10.6 Å². The van der Waals surface area contributed by atoms with E-state index in [0.717, 1.165) is 62.1 Å². The summed E-state index contributed by atoms with van der Waals surface area (Å²) in [4.78, 5) is 23.7. The Kier molecular flexibility index (Phi) is 6.31. The minimum Gasteiger partial charge on any atom is -0.379 e. The van der Waals surface area contributed by atoms with Gasteiger partial charge in [0.25, 0.3) is 0 Å². The fourth-order valence-electron chi connectivity index (χ4n) is 3.54. The van der Waals surface area contributed by atoms with E-state index in [2.05, 4.69) is 15.2 Å². The minimum atomic E-state index is -0.235. The number of carbonyl (C=O) groups is 1. The Labute approximate surface area is 168 Å². The Bertz CT molecular complexity index is 784. The summed E-state index contributed by atoms with van der Waals surface area (Å²) in [6.45, 7) is 7.63. The highest BCUT2D eigenvalue weighted by Crippen LogP contribution is 2.24. The number of benzene rings is 1. The summed E-state index contributed by atoms with van der Waals surface area (Å²) < 4.78 is 18.4. The zero-order chi connectivity index (χ0) is 19.3. The highest BCUT2D eigenvalue weighted by molar-refractivity contribution is 7.13. The monoisotopic (exact) mass is 404 g/mol. The van der Waals surface area contributed by atoms with E-state index in [0.29, 0.717) is 19.8 Å². The highest BCUT2D eigenvalue weighted by atomic mass is 32.1. The maximum absolute atomic E-state index is 13.1. The van der Waals surface area contributed by atoms with Crippen molar-refractivity contribution in [3.63, 3.8) is 0 Å². The predicted octanol–water partition coefficient (Wildman–Crippen LogP) is 1.93. The van der Waals surface area contributed by atoms with Crippen molar-refractivity contribution < 1.29 is 13.9 Å². The molecule has 28 heavy (non-hydrogen) atoms. The number of rotatable bonds is 5. The Morgan fingerprint density at radius 2 is 1.75 bits per heavy atom. The van der Waals surface area contributed by atoms with E-state index in [9.17, 15) is 9.18 Å². The Balaban J connectivity index is 1.25. The molecular formula is C20H25FN4O2S. The second-order valence-electron chi connectivity index (χ2n) is 7.20. The van der Waals surface area contributed by atoms with Gasteiger partial charge in [-0.1, -0.05) is 0 Å². The van der Waals surface area contributed by atoms with Gasteiger partial charge in [-0.05, 0) is 24.3 Å². The summed E-state index contributed by atoms with van der Waals surface area (Å²) in [6, 6.07) is 6.45. The molecule has 1 aromatic heterocycles. The Morgan fingerprint density at radius 3 is 2.46 bits per heavy atom. The molecule has 8 heteroatoms. The number of piperazine rings is 1. The van der Waals surface area contributed by atoms with E-state index in [-0.39, 0.29) is 11.7 Å². The molecule has 6 nitrogen and oxygen atoms in total. The molecule has 2 aliphatic rings. The second-order valence-corrected chi connectivity index (χ2v) is 8.05. The van der Waals surface area contributed by atoms with Crippen LogP contribution < -0.4 is 0 Å². The van der Waals surface area contributed by atoms with Crippen LogP contribution in [0.3, 0.4) is 0 Å². The van der Waals surface area contributed by atoms with Gasteiger partial charge >= 0.3 is 0 Å². The van der Waals surface area contributed by atoms with Crippen LogP contribution in [0.4, 0.5) is 4.39 Å². The number of nitrogens with zero attached hydrogens (tertiary/aromatic N) is 4. The molecule has 2 aliphatic heterocycles. The number of amides is 1. The third-order valence-electron chi connectivity index (χ3n) is 5.22.